The lowest BCUT2D eigenvalue weighted by atomic mass is 9.96. The van der Waals surface area contributed by atoms with Crippen LogP contribution in [0.15, 0.2) is 29.1 Å². The van der Waals surface area contributed by atoms with E-state index < -0.39 is 24.2 Å². The second kappa shape index (κ2) is 11.7. The smallest absolute Gasteiger partial charge is 0.281 e. The molecule has 6 nitrogen and oxygen atoms in total. The highest BCUT2D eigenvalue weighted by Gasteiger charge is 2.32. The van der Waals surface area contributed by atoms with Crippen LogP contribution < -0.4 is 10.1 Å². The molecule has 1 saturated heterocycles. The number of amides is 1. The topological polar surface area (TPSA) is 67.3 Å². The zero-order chi connectivity index (χ0) is 24.9. The normalized spacial score (nSPS) is 15.9. The van der Waals surface area contributed by atoms with Gasteiger partial charge in [0.1, 0.15) is 11.5 Å². The first-order valence-corrected chi connectivity index (χ1v) is 13.2. The molecule has 1 aliphatic rings. The standard InChI is InChI=1S/C23H24ClF3N4O2S2/c1-13-11-34-23(30-13)33-10-14-5-7-31(8-6-14)17(20-19(21(26)27)29-12-35-20)9-28-22(32)18-15(24)3-2-4-16(18)25/h2-4,11-12,14,17,21H,5-10H2,1H3,(H,28,32). The number of carbonyl (C=O) groups is 1. The van der Waals surface area contributed by atoms with Crippen molar-refractivity contribution in [1.82, 2.24) is 20.2 Å². The van der Waals surface area contributed by atoms with Gasteiger partial charge in [-0.2, -0.15) is 0 Å². The van der Waals surface area contributed by atoms with Crippen LogP contribution in [0.5, 0.6) is 5.19 Å². The predicted molar refractivity (Wildman–Crippen MR) is 130 cm³/mol. The maximum absolute atomic E-state index is 14.2. The van der Waals surface area contributed by atoms with Crippen molar-refractivity contribution in [2.75, 3.05) is 26.2 Å². The number of nitrogens with zero attached hydrogens (tertiary/aromatic N) is 3. The second-order valence-corrected chi connectivity index (χ2v) is 10.4. The summed E-state index contributed by atoms with van der Waals surface area (Å²) in [6.07, 6.45) is -1.13. The first-order chi connectivity index (χ1) is 16.8. The van der Waals surface area contributed by atoms with Crippen LogP contribution in [0.25, 0.3) is 0 Å². The number of halogens is 4. The molecule has 0 saturated carbocycles. The Labute approximate surface area is 214 Å². The summed E-state index contributed by atoms with van der Waals surface area (Å²) in [5, 5.41) is 5.25. The quantitative estimate of drug-likeness (QED) is 0.363. The highest BCUT2D eigenvalue weighted by molar-refractivity contribution is 7.11. The Morgan fingerprint density at radius 1 is 1.31 bits per heavy atom. The summed E-state index contributed by atoms with van der Waals surface area (Å²) < 4.78 is 47.3. The van der Waals surface area contributed by atoms with E-state index in [2.05, 4.69) is 20.2 Å². The van der Waals surface area contributed by atoms with Crippen LogP contribution in [-0.2, 0) is 0 Å². The number of hydrogen-bond acceptors (Lipinski definition) is 7. The van der Waals surface area contributed by atoms with Gasteiger partial charge in [-0.25, -0.2) is 23.1 Å². The SMILES string of the molecule is Cc1csc(OCC2CCN(C(CNC(=O)c3c(F)cccc3Cl)c3scnc3C(F)F)CC2)n1. The van der Waals surface area contributed by atoms with Crippen molar-refractivity contribution < 1.29 is 22.7 Å². The van der Waals surface area contributed by atoms with E-state index in [1.807, 2.05) is 12.3 Å². The van der Waals surface area contributed by atoms with Crippen molar-refractivity contribution in [3.05, 3.63) is 61.8 Å². The predicted octanol–water partition coefficient (Wildman–Crippen LogP) is 5.90. The second-order valence-electron chi connectivity index (χ2n) is 8.27. The molecular weight excluding hydrogens is 521 g/mol. The molecule has 0 aliphatic carbocycles. The molecule has 1 atom stereocenters. The van der Waals surface area contributed by atoms with Gasteiger partial charge < -0.3 is 10.1 Å². The Bertz CT molecular complexity index is 1130. The van der Waals surface area contributed by atoms with Gasteiger partial charge in [0.05, 0.1) is 39.3 Å². The molecule has 1 unspecified atom stereocenters. The number of piperidine rings is 1. The van der Waals surface area contributed by atoms with E-state index in [0.29, 0.717) is 35.7 Å². The van der Waals surface area contributed by atoms with Gasteiger partial charge in [0, 0.05) is 11.9 Å². The van der Waals surface area contributed by atoms with Crippen molar-refractivity contribution in [2.45, 2.75) is 32.2 Å². The summed E-state index contributed by atoms with van der Waals surface area (Å²) in [6.45, 7) is 3.73. The van der Waals surface area contributed by atoms with Crippen LogP contribution in [0.1, 0.15) is 51.9 Å². The van der Waals surface area contributed by atoms with Crippen LogP contribution in [0.3, 0.4) is 0 Å². The van der Waals surface area contributed by atoms with Crippen molar-refractivity contribution in [3.63, 3.8) is 0 Å². The summed E-state index contributed by atoms with van der Waals surface area (Å²) in [6, 6.07) is 3.46. The van der Waals surface area contributed by atoms with E-state index in [1.54, 1.807) is 0 Å². The molecule has 1 amide bonds. The molecule has 2 aromatic heterocycles. The molecule has 188 valence electrons. The zero-order valence-corrected chi connectivity index (χ0v) is 21.2. The number of ether oxygens (including phenoxy) is 1. The lowest BCUT2D eigenvalue weighted by molar-refractivity contribution is 0.0870. The van der Waals surface area contributed by atoms with E-state index in [0.717, 1.165) is 35.9 Å². The largest absolute Gasteiger partial charge is 0.470 e. The Morgan fingerprint density at radius 3 is 2.74 bits per heavy atom. The molecule has 0 bridgehead atoms. The van der Waals surface area contributed by atoms with Crippen LogP contribution in [0.4, 0.5) is 13.2 Å². The van der Waals surface area contributed by atoms with Crippen LogP contribution in [0, 0.1) is 18.7 Å². The van der Waals surface area contributed by atoms with Crippen molar-refractivity contribution in [1.29, 1.82) is 0 Å². The van der Waals surface area contributed by atoms with E-state index in [1.165, 1.54) is 29.0 Å². The fourth-order valence-electron chi connectivity index (χ4n) is 4.08. The molecule has 12 heteroatoms. The van der Waals surface area contributed by atoms with Crippen LogP contribution >= 0.6 is 34.3 Å². The van der Waals surface area contributed by atoms with Crippen molar-refractivity contribution in [3.8, 4) is 5.19 Å². The highest BCUT2D eigenvalue weighted by atomic mass is 35.5. The van der Waals surface area contributed by atoms with Gasteiger partial charge in [-0.3, -0.25) is 9.69 Å². The van der Waals surface area contributed by atoms with Crippen molar-refractivity contribution >= 4 is 40.2 Å². The Kier molecular flexibility index (Phi) is 8.64. The first kappa shape index (κ1) is 25.9. The van der Waals surface area contributed by atoms with Crippen LogP contribution in [-0.4, -0.2) is 47.0 Å². The maximum atomic E-state index is 14.2. The van der Waals surface area contributed by atoms with E-state index in [4.69, 9.17) is 16.3 Å². The van der Waals surface area contributed by atoms with E-state index in [9.17, 15) is 18.0 Å². The Balaban J connectivity index is 1.43. The molecule has 4 rings (SSSR count). The molecule has 0 radical (unpaired) electrons. The van der Waals surface area contributed by atoms with Crippen molar-refractivity contribution in [2.24, 2.45) is 5.92 Å². The summed E-state index contributed by atoms with van der Waals surface area (Å²) in [4.78, 5) is 23.3. The number of carbonyl (C=O) groups excluding carboxylic acids is 1. The van der Waals surface area contributed by atoms with Gasteiger partial charge in [0.15, 0.2) is 0 Å². The Hall–Kier alpha value is -2.21. The number of nitrogens with one attached hydrogen (secondary N) is 1. The van der Waals surface area contributed by atoms with Gasteiger partial charge in [-0.1, -0.05) is 29.0 Å². The fourth-order valence-corrected chi connectivity index (χ4v) is 5.91. The lowest BCUT2D eigenvalue weighted by Crippen LogP contribution is -2.43. The Morgan fingerprint density at radius 2 is 2.09 bits per heavy atom. The number of alkyl halides is 2. The van der Waals surface area contributed by atoms with Gasteiger partial charge in [0.25, 0.3) is 17.5 Å². The maximum Gasteiger partial charge on any atom is 0.281 e. The van der Waals surface area contributed by atoms with Gasteiger partial charge in [-0.15, -0.1) is 11.3 Å². The monoisotopic (exact) mass is 544 g/mol. The van der Waals surface area contributed by atoms with E-state index >= 15 is 0 Å². The molecule has 3 heterocycles. The fraction of sp³-hybridized carbons (Fsp3) is 0.435. The molecule has 3 aromatic rings. The summed E-state index contributed by atoms with van der Waals surface area (Å²) in [5.41, 5.74) is 1.75. The zero-order valence-electron chi connectivity index (χ0n) is 18.8. The average molecular weight is 545 g/mol. The number of rotatable bonds is 9. The summed E-state index contributed by atoms with van der Waals surface area (Å²) in [7, 11) is 0. The highest BCUT2D eigenvalue weighted by Crippen LogP contribution is 2.35. The minimum atomic E-state index is -2.73. The molecular formula is C23H24ClF3N4O2S2. The molecule has 1 fully saturated rings. The van der Waals surface area contributed by atoms with E-state index in [-0.39, 0.29) is 22.8 Å². The van der Waals surface area contributed by atoms with Gasteiger partial charge in [0.2, 0.25) is 0 Å². The minimum absolute atomic E-state index is 0.0126. The molecule has 0 spiro atoms. The molecule has 1 aromatic carbocycles. The molecule has 35 heavy (non-hydrogen) atoms. The number of aryl methyl sites for hydroxylation is 1. The third kappa shape index (κ3) is 6.32. The third-order valence-corrected chi connectivity index (χ3v) is 8.04. The average Bonchev–Trinajstić information content (AvgIpc) is 3.48. The lowest BCUT2D eigenvalue weighted by Gasteiger charge is -2.37. The minimum Gasteiger partial charge on any atom is -0.470 e. The van der Waals surface area contributed by atoms with Crippen LogP contribution in [0.2, 0.25) is 5.02 Å². The number of hydrogen-bond donors (Lipinski definition) is 1. The van der Waals surface area contributed by atoms with Gasteiger partial charge in [-0.05, 0) is 50.9 Å². The first-order valence-electron chi connectivity index (χ1n) is 11.1. The summed E-state index contributed by atoms with van der Waals surface area (Å²) >= 11 is 8.60. The third-order valence-electron chi connectivity index (χ3n) is 5.91. The number of benzene rings is 1. The number of aromatic nitrogens is 2. The summed E-state index contributed by atoms with van der Waals surface area (Å²) in [5.74, 6) is -1.13. The van der Waals surface area contributed by atoms with Gasteiger partial charge >= 0.3 is 0 Å². The number of thiazole rings is 2. The molecule has 1 N–H and O–H groups in total. The molecule has 1 aliphatic heterocycles. The number of likely N-dealkylation sites (tertiary alicyclic amines) is 1.